The lowest BCUT2D eigenvalue weighted by Crippen LogP contribution is -2.25. The molecule has 0 N–H and O–H groups in total. The maximum absolute atomic E-state index is 12.1. The van der Waals surface area contributed by atoms with Gasteiger partial charge in [0.2, 0.25) is 0 Å². The molecule has 18 heavy (non-hydrogen) atoms. The van der Waals surface area contributed by atoms with E-state index >= 15 is 0 Å². The molecule has 0 radical (unpaired) electrons. The highest BCUT2D eigenvalue weighted by Gasteiger charge is 2.24. The number of nitrogens with zero attached hydrogens (tertiary/aromatic N) is 1. The van der Waals surface area contributed by atoms with Crippen molar-refractivity contribution in [2.45, 2.75) is 46.1 Å². The van der Waals surface area contributed by atoms with Crippen LogP contribution < -0.4 is 5.43 Å². The van der Waals surface area contributed by atoms with Gasteiger partial charge in [-0.1, -0.05) is 11.6 Å². The molecule has 0 fully saturated rings. The van der Waals surface area contributed by atoms with E-state index in [1.54, 1.807) is 6.07 Å². The summed E-state index contributed by atoms with van der Waals surface area (Å²) in [6.07, 6.45) is 8.39. The van der Waals surface area contributed by atoms with Crippen molar-refractivity contribution in [1.82, 2.24) is 4.57 Å². The van der Waals surface area contributed by atoms with Crippen LogP contribution in [0.5, 0.6) is 0 Å². The van der Waals surface area contributed by atoms with Crippen molar-refractivity contribution in [3.8, 4) is 0 Å². The zero-order chi connectivity index (χ0) is 12.7. The fraction of sp³-hybridized carbons (Fsp3) is 0.438. The summed E-state index contributed by atoms with van der Waals surface area (Å²) in [6, 6.07) is 1.72. The minimum atomic E-state index is 0.208. The minimum absolute atomic E-state index is 0.208. The van der Waals surface area contributed by atoms with Gasteiger partial charge in [-0.15, -0.1) is 0 Å². The molecule has 0 amide bonds. The van der Waals surface area contributed by atoms with Gasteiger partial charge in [-0.2, -0.15) is 0 Å². The van der Waals surface area contributed by atoms with Gasteiger partial charge in [-0.3, -0.25) is 4.79 Å². The van der Waals surface area contributed by atoms with E-state index in [9.17, 15) is 4.79 Å². The summed E-state index contributed by atoms with van der Waals surface area (Å²) in [5.41, 5.74) is 6.82. The number of pyridine rings is 1. The second kappa shape index (κ2) is 4.27. The number of aryl methyl sites for hydroxylation is 1. The zero-order valence-electron chi connectivity index (χ0n) is 11.1. The number of hydrogen-bond donors (Lipinski definition) is 0. The van der Waals surface area contributed by atoms with Crippen LogP contribution in [0.3, 0.4) is 0 Å². The van der Waals surface area contributed by atoms with Crippen molar-refractivity contribution < 1.29 is 0 Å². The lowest BCUT2D eigenvalue weighted by molar-refractivity contribution is 0.680. The highest BCUT2D eigenvalue weighted by atomic mass is 16.1. The third kappa shape index (κ3) is 1.67. The standard InChI is InChI=1S/C16H19NO/c1-3-17-8-7-16(18)14-10-13-11(2)5-4-6-12(13)9-15(14)17/h6-8H,3-5,9-10H2,1-2H3. The van der Waals surface area contributed by atoms with Gasteiger partial charge in [-0.05, 0) is 37.8 Å². The first-order valence-electron chi connectivity index (χ1n) is 6.80. The molecule has 0 saturated heterocycles. The van der Waals surface area contributed by atoms with Gasteiger partial charge in [0, 0.05) is 42.9 Å². The highest BCUT2D eigenvalue weighted by Crippen LogP contribution is 2.34. The number of aromatic nitrogens is 1. The molecule has 0 unspecified atom stereocenters. The van der Waals surface area contributed by atoms with Crippen LogP contribution in [0.25, 0.3) is 0 Å². The molecule has 0 atom stereocenters. The second-order valence-corrected chi connectivity index (χ2v) is 5.27. The van der Waals surface area contributed by atoms with Gasteiger partial charge in [0.05, 0.1) is 0 Å². The summed E-state index contributed by atoms with van der Waals surface area (Å²) >= 11 is 0. The Morgan fingerprint density at radius 3 is 2.94 bits per heavy atom. The van der Waals surface area contributed by atoms with Crippen LogP contribution in [0.1, 0.15) is 37.9 Å². The smallest absolute Gasteiger partial charge is 0.185 e. The average Bonchev–Trinajstić information content (AvgIpc) is 2.38. The summed E-state index contributed by atoms with van der Waals surface area (Å²) in [7, 11) is 0. The highest BCUT2D eigenvalue weighted by molar-refractivity contribution is 5.49. The third-order valence-corrected chi connectivity index (χ3v) is 4.26. The van der Waals surface area contributed by atoms with Crippen molar-refractivity contribution in [3.05, 3.63) is 56.5 Å². The van der Waals surface area contributed by atoms with Gasteiger partial charge in [0.25, 0.3) is 0 Å². The second-order valence-electron chi connectivity index (χ2n) is 5.27. The fourth-order valence-electron chi connectivity index (χ4n) is 3.17. The van der Waals surface area contributed by atoms with Crippen LogP contribution in [0.4, 0.5) is 0 Å². The average molecular weight is 241 g/mol. The maximum Gasteiger partial charge on any atom is 0.185 e. The van der Waals surface area contributed by atoms with Crippen molar-refractivity contribution in [2.24, 2.45) is 0 Å². The van der Waals surface area contributed by atoms with Gasteiger partial charge in [0.15, 0.2) is 5.43 Å². The molecule has 1 heterocycles. The van der Waals surface area contributed by atoms with Crippen LogP contribution in [0.2, 0.25) is 0 Å². The molecule has 2 nitrogen and oxygen atoms in total. The molecule has 94 valence electrons. The quantitative estimate of drug-likeness (QED) is 0.741. The van der Waals surface area contributed by atoms with Gasteiger partial charge >= 0.3 is 0 Å². The van der Waals surface area contributed by atoms with Crippen molar-refractivity contribution in [3.63, 3.8) is 0 Å². The Labute approximate surface area is 108 Å². The van der Waals surface area contributed by atoms with E-state index < -0.39 is 0 Å². The zero-order valence-corrected chi connectivity index (χ0v) is 11.1. The summed E-state index contributed by atoms with van der Waals surface area (Å²) in [5.74, 6) is 0. The molecule has 2 aliphatic rings. The van der Waals surface area contributed by atoms with E-state index in [-0.39, 0.29) is 5.43 Å². The number of allylic oxidation sites excluding steroid dienone is 4. The van der Waals surface area contributed by atoms with E-state index in [1.165, 1.54) is 22.4 Å². The van der Waals surface area contributed by atoms with E-state index in [2.05, 4.69) is 24.5 Å². The molecular formula is C16H19NO. The first-order valence-corrected chi connectivity index (χ1v) is 6.80. The van der Waals surface area contributed by atoms with E-state index in [4.69, 9.17) is 0 Å². The Kier molecular flexibility index (Phi) is 2.73. The Bertz CT molecular complexity index is 616. The Balaban J connectivity index is 2.19. The van der Waals surface area contributed by atoms with Crippen molar-refractivity contribution >= 4 is 0 Å². The molecule has 2 aliphatic carbocycles. The molecule has 0 spiro atoms. The van der Waals surface area contributed by atoms with Crippen LogP contribution >= 0.6 is 0 Å². The van der Waals surface area contributed by atoms with Crippen molar-refractivity contribution in [2.75, 3.05) is 0 Å². The first kappa shape index (κ1) is 11.5. The summed E-state index contributed by atoms with van der Waals surface area (Å²) in [6.45, 7) is 5.29. The molecule has 2 heteroatoms. The summed E-state index contributed by atoms with van der Waals surface area (Å²) in [5, 5.41) is 0. The van der Waals surface area contributed by atoms with E-state index in [1.807, 2.05) is 6.20 Å². The lowest BCUT2D eigenvalue weighted by Gasteiger charge is -2.28. The summed E-state index contributed by atoms with van der Waals surface area (Å²) in [4.78, 5) is 12.1. The number of fused-ring (bicyclic) bond motifs is 2. The number of rotatable bonds is 1. The fourth-order valence-corrected chi connectivity index (χ4v) is 3.17. The minimum Gasteiger partial charge on any atom is -0.351 e. The topological polar surface area (TPSA) is 22.0 Å². The summed E-state index contributed by atoms with van der Waals surface area (Å²) < 4.78 is 2.22. The van der Waals surface area contributed by atoms with Gasteiger partial charge in [0.1, 0.15) is 0 Å². The van der Waals surface area contributed by atoms with Crippen molar-refractivity contribution in [1.29, 1.82) is 0 Å². The third-order valence-electron chi connectivity index (χ3n) is 4.26. The molecule has 1 aromatic heterocycles. The monoisotopic (exact) mass is 241 g/mol. The Morgan fingerprint density at radius 2 is 2.17 bits per heavy atom. The SMILES string of the molecule is CCn1ccc(=O)c2c1CC1=CCCC(C)=C1C2. The normalized spacial score (nSPS) is 18.2. The molecule has 1 aromatic rings. The van der Waals surface area contributed by atoms with Crippen LogP contribution in [0, 0.1) is 0 Å². The number of hydrogen-bond acceptors (Lipinski definition) is 1. The molecular weight excluding hydrogens is 222 g/mol. The van der Waals surface area contributed by atoms with E-state index in [0.29, 0.717) is 0 Å². The molecule has 0 bridgehead atoms. The van der Waals surface area contributed by atoms with Gasteiger partial charge < -0.3 is 4.57 Å². The van der Waals surface area contributed by atoms with E-state index in [0.717, 1.165) is 37.8 Å². The van der Waals surface area contributed by atoms with Crippen LogP contribution in [-0.4, -0.2) is 4.57 Å². The van der Waals surface area contributed by atoms with Crippen LogP contribution in [0.15, 0.2) is 39.9 Å². The lowest BCUT2D eigenvalue weighted by atomic mass is 9.80. The first-order chi connectivity index (χ1) is 8.70. The van der Waals surface area contributed by atoms with Gasteiger partial charge in [-0.25, -0.2) is 0 Å². The molecule has 0 aliphatic heterocycles. The molecule has 3 rings (SSSR count). The largest absolute Gasteiger partial charge is 0.351 e. The maximum atomic E-state index is 12.1. The Hall–Kier alpha value is -1.57. The Morgan fingerprint density at radius 1 is 1.33 bits per heavy atom. The van der Waals surface area contributed by atoms with Crippen LogP contribution in [-0.2, 0) is 19.4 Å². The predicted molar refractivity (Wildman–Crippen MR) is 73.8 cm³/mol. The molecule has 0 aromatic carbocycles. The predicted octanol–water partition coefficient (Wildman–Crippen LogP) is 3.00. The molecule has 0 saturated carbocycles.